The van der Waals surface area contributed by atoms with Gasteiger partial charge in [-0.3, -0.25) is 9.59 Å². The van der Waals surface area contributed by atoms with Gasteiger partial charge in [0.05, 0.1) is 24.8 Å². The van der Waals surface area contributed by atoms with Gasteiger partial charge in [0, 0.05) is 26.3 Å². The number of methoxy groups -OCH3 is 1. The Kier molecular flexibility index (Phi) is 6.89. The minimum atomic E-state index is -4.46. The van der Waals surface area contributed by atoms with Crippen LogP contribution >= 0.6 is 0 Å². The third-order valence-electron chi connectivity index (χ3n) is 4.08. The fraction of sp³-hybridized carbons (Fsp3) is 0.529. The monoisotopic (exact) mass is 389 g/mol. The van der Waals surface area contributed by atoms with Crippen LogP contribution in [0.25, 0.3) is 0 Å². The molecule has 0 saturated heterocycles. The van der Waals surface area contributed by atoms with Gasteiger partial charge in [-0.1, -0.05) is 0 Å². The lowest BCUT2D eigenvalue weighted by Gasteiger charge is -2.35. The first-order valence-electron chi connectivity index (χ1n) is 8.31. The molecule has 1 aliphatic heterocycles. The second-order valence-corrected chi connectivity index (χ2v) is 6.10. The average molecular weight is 389 g/mol. The molecule has 150 valence electrons. The van der Waals surface area contributed by atoms with E-state index >= 15 is 0 Å². The molecular weight excluding hydrogens is 367 g/mol. The summed E-state index contributed by atoms with van der Waals surface area (Å²) in [6.45, 7) is -0.469. The Morgan fingerprint density at radius 2 is 2.07 bits per heavy atom. The van der Waals surface area contributed by atoms with E-state index in [1.807, 2.05) is 5.32 Å². The molecule has 0 saturated carbocycles. The molecule has 0 aromatic heterocycles. The lowest BCUT2D eigenvalue weighted by atomic mass is 10.1. The van der Waals surface area contributed by atoms with Gasteiger partial charge in [0.2, 0.25) is 5.91 Å². The molecule has 0 bridgehead atoms. The summed E-state index contributed by atoms with van der Waals surface area (Å²) in [5, 5.41) is 4.55. The number of amides is 2. The van der Waals surface area contributed by atoms with E-state index < -0.39 is 24.7 Å². The van der Waals surface area contributed by atoms with Crippen molar-refractivity contribution in [2.75, 3.05) is 45.4 Å². The van der Waals surface area contributed by atoms with Crippen LogP contribution in [0, 0.1) is 0 Å². The number of likely N-dealkylation sites (N-methyl/N-ethyl adjacent to an activating group) is 1. The summed E-state index contributed by atoms with van der Waals surface area (Å²) in [6.07, 6.45) is -4.61. The number of anilines is 1. The summed E-state index contributed by atoms with van der Waals surface area (Å²) in [4.78, 5) is 25.7. The Bertz CT molecular complexity index is 682. The van der Waals surface area contributed by atoms with Crippen molar-refractivity contribution >= 4 is 17.5 Å². The van der Waals surface area contributed by atoms with Crippen LogP contribution < -0.4 is 20.3 Å². The SMILES string of the molecule is COCCNC(=O)c1ccc2c(c1)N(C)[C@@H](CC(=O)NCC(F)(F)F)CO2. The summed E-state index contributed by atoms with van der Waals surface area (Å²) in [6, 6.07) is 4.44. The van der Waals surface area contributed by atoms with E-state index in [0.29, 0.717) is 30.2 Å². The molecule has 1 heterocycles. The molecule has 1 aromatic rings. The smallest absolute Gasteiger partial charge is 0.405 e. The Balaban J connectivity index is 2.02. The standard InChI is InChI=1S/C17H22F3N3O4/c1-23-12(8-15(24)22-10-17(18,19)20)9-27-14-4-3-11(7-13(14)23)16(25)21-5-6-26-2/h3-4,7,12H,5-6,8-10H2,1-2H3,(H,21,25)(H,22,24)/t12-/m0/s1. The highest BCUT2D eigenvalue weighted by Gasteiger charge is 2.30. The molecule has 0 spiro atoms. The third kappa shape index (κ3) is 6.02. The van der Waals surface area contributed by atoms with Crippen LogP contribution in [0.3, 0.4) is 0 Å². The fourth-order valence-electron chi connectivity index (χ4n) is 2.60. The second-order valence-electron chi connectivity index (χ2n) is 6.10. The van der Waals surface area contributed by atoms with E-state index in [-0.39, 0.29) is 18.9 Å². The molecule has 1 aromatic carbocycles. The van der Waals surface area contributed by atoms with Gasteiger partial charge in [-0.05, 0) is 18.2 Å². The quantitative estimate of drug-likeness (QED) is 0.688. The van der Waals surface area contributed by atoms with Crippen LogP contribution in [0.2, 0.25) is 0 Å². The van der Waals surface area contributed by atoms with Crippen molar-refractivity contribution in [2.45, 2.75) is 18.6 Å². The van der Waals surface area contributed by atoms with Crippen molar-refractivity contribution in [1.82, 2.24) is 10.6 Å². The van der Waals surface area contributed by atoms with Crippen molar-refractivity contribution in [3.05, 3.63) is 23.8 Å². The number of nitrogens with zero attached hydrogens (tertiary/aromatic N) is 1. The van der Waals surface area contributed by atoms with Crippen molar-refractivity contribution < 1.29 is 32.2 Å². The third-order valence-corrected chi connectivity index (χ3v) is 4.08. The maximum Gasteiger partial charge on any atom is 0.405 e. The number of alkyl halides is 3. The number of hydrogen-bond acceptors (Lipinski definition) is 5. The molecule has 2 rings (SSSR count). The van der Waals surface area contributed by atoms with Gasteiger partial charge in [0.1, 0.15) is 18.9 Å². The number of nitrogens with one attached hydrogen (secondary N) is 2. The number of fused-ring (bicyclic) bond motifs is 1. The summed E-state index contributed by atoms with van der Waals surface area (Å²) in [5.74, 6) is -0.462. The zero-order valence-corrected chi connectivity index (χ0v) is 15.1. The maximum atomic E-state index is 12.2. The van der Waals surface area contributed by atoms with Crippen LogP contribution in [0.1, 0.15) is 16.8 Å². The maximum absolute atomic E-state index is 12.2. The van der Waals surface area contributed by atoms with E-state index in [4.69, 9.17) is 9.47 Å². The Labute approximate surface area is 154 Å². The van der Waals surface area contributed by atoms with Crippen molar-refractivity contribution in [3.63, 3.8) is 0 Å². The predicted molar refractivity (Wildman–Crippen MR) is 92.0 cm³/mol. The van der Waals surface area contributed by atoms with Gasteiger partial charge >= 0.3 is 6.18 Å². The molecule has 0 fully saturated rings. The summed E-state index contributed by atoms with van der Waals surface area (Å²) >= 11 is 0. The highest BCUT2D eigenvalue weighted by atomic mass is 19.4. The minimum absolute atomic E-state index is 0.155. The number of carbonyl (C=O) groups excluding carboxylic acids is 2. The average Bonchev–Trinajstić information content (AvgIpc) is 2.62. The minimum Gasteiger partial charge on any atom is -0.489 e. The Morgan fingerprint density at radius 1 is 1.33 bits per heavy atom. The van der Waals surface area contributed by atoms with Crippen molar-refractivity contribution in [3.8, 4) is 5.75 Å². The van der Waals surface area contributed by atoms with Crippen LogP contribution in [0.5, 0.6) is 5.75 Å². The topological polar surface area (TPSA) is 79.9 Å². The zero-order chi connectivity index (χ0) is 20.0. The lowest BCUT2D eigenvalue weighted by molar-refractivity contribution is -0.138. The van der Waals surface area contributed by atoms with Crippen LogP contribution in [0.4, 0.5) is 18.9 Å². The first-order valence-corrected chi connectivity index (χ1v) is 8.31. The largest absolute Gasteiger partial charge is 0.489 e. The molecule has 0 radical (unpaired) electrons. The van der Waals surface area contributed by atoms with Gasteiger partial charge in [-0.15, -0.1) is 0 Å². The number of ether oxygens (including phenoxy) is 2. The van der Waals surface area contributed by atoms with Crippen LogP contribution in [0.15, 0.2) is 18.2 Å². The first kappa shape index (κ1) is 20.8. The van der Waals surface area contributed by atoms with Crippen LogP contribution in [-0.4, -0.2) is 64.5 Å². The highest BCUT2D eigenvalue weighted by Crippen LogP contribution is 2.34. The molecule has 2 N–H and O–H groups in total. The zero-order valence-electron chi connectivity index (χ0n) is 15.1. The fourth-order valence-corrected chi connectivity index (χ4v) is 2.60. The molecule has 2 amide bonds. The van der Waals surface area contributed by atoms with Crippen LogP contribution in [-0.2, 0) is 9.53 Å². The van der Waals surface area contributed by atoms with E-state index in [1.54, 1.807) is 30.1 Å². The second kappa shape index (κ2) is 8.94. The molecule has 1 aliphatic rings. The predicted octanol–water partition coefficient (Wildman–Crippen LogP) is 1.33. The van der Waals surface area contributed by atoms with Gasteiger partial charge < -0.3 is 25.0 Å². The van der Waals surface area contributed by atoms with E-state index in [9.17, 15) is 22.8 Å². The molecule has 1 atom stereocenters. The summed E-state index contributed by atoms with van der Waals surface area (Å²) < 4.78 is 47.1. The van der Waals surface area contributed by atoms with E-state index in [0.717, 1.165) is 0 Å². The molecule has 7 nitrogen and oxygen atoms in total. The molecule has 0 aliphatic carbocycles. The summed E-state index contributed by atoms with van der Waals surface area (Å²) in [5.41, 5.74) is 0.997. The van der Waals surface area contributed by atoms with Crippen molar-refractivity contribution in [2.24, 2.45) is 0 Å². The van der Waals surface area contributed by atoms with Crippen molar-refractivity contribution in [1.29, 1.82) is 0 Å². The number of carbonyl (C=O) groups is 2. The van der Waals surface area contributed by atoms with Gasteiger partial charge in [0.25, 0.3) is 5.91 Å². The number of halogens is 3. The van der Waals surface area contributed by atoms with Gasteiger partial charge in [-0.25, -0.2) is 0 Å². The first-order chi connectivity index (χ1) is 12.7. The number of rotatable bonds is 7. The summed E-state index contributed by atoms with van der Waals surface area (Å²) in [7, 11) is 3.23. The van der Waals surface area contributed by atoms with E-state index in [2.05, 4.69) is 5.32 Å². The molecule has 10 heteroatoms. The normalized spacial score (nSPS) is 16.3. The highest BCUT2D eigenvalue weighted by molar-refractivity contribution is 5.95. The Hall–Kier alpha value is -2.49. The number of hydrogen-bond donors (Lipinski definition) is 2. The molecule has 0 unspecified atom stereocenters. The molecular formula is C17H22F3N3O4. The lowest BCUT2D eigenvalue weighted by Crippen LogP contribution is -2.45. The van der Waals surface area contributed by atoms with Gasteiger partial charge in [0.15, 0.2) is 0 Å². The van der Waals surface area contributed by atoms with Gasteiger partial charge in [-0.2, -0.15) is 13.2 Å². The Morgan fingerprint density at radius 3 is 2.74 bits per heavy atom. The molecule has 27 heavy (non-hydrogen) atoms. The number of benzene rings is 1. The van der Waals surface area contributed by atoms with E-state index in [1.165, 1.54) is 7.11 Å².